The van der Waals surface area contributed by atoms with Gasteiger partial charge >= 0.3 is 0 Å². The van der Waals surface area contributed by atoms with E-state index in [1.807, 2.05) is 29.2 Å². The van der Waals surface area contributed by atoms with Crippen LogP contribution in [0.25, 0.3) is 11.0 Å². The maximum Gasteiger partial charge on any atom is 0.293 e. The highest BCUT2D eigenvalue weighted by molar-refractivity contribution is 7.89. The van der Waals surface area contributed by atoms with Gasteiger partial charge in [0.15, 0.2) is 0 Å². The van der Waals surface area contributed by atoms with Crippen molar-refractivity contribution in [2.24, 2.45) is 0 Å². The van der Waals surface area contributed by atoms with E-state index in [4.69, 9.17) is 4.98 Å². The number of hydrogen-bond donors (Lipinski definition) is 1. The number of piperidine rings is 2. The standard InChI is InChI=1S/C23H27N5O4S/c29-28(30)22-15-18(33(31,32)27-13-4-1-5-14-27)10-11-21(22)26-12-6-7-17(16-26)23-24-19-8-2-3-9-20(19)25-23/h2-3,8-11,15,17H,1,4-7,12-14,16H2,(H,24,25)/t17-/m1/s1. The Morgan fingerprint density at radius 1 is 1.03 bits per heavy atom. The van der Waals surface area contributed by atoms with Crippen LogP contribution < -0.4 is 4.90 Å². The van der Waals surface area contributed by atoms with E-state index in [0.717, 1.165) is 49.0 Å². The topological polar surface area (TPSA) is 112 Å². The lowest BCUT2D eigenvalue weighted by atomic mass is 9.96. The molecule has 3 aromatic rings. The molecule has 3 heterocycles. The predicted molar refractivity (Wildman–Crippen MR) is 126 cm³/mol. The number of H-pyrrole nitrogens is 1. The third-order valence-electron chi connectivity index (χ3n) is 6.65. The van der Waals surface area contributed by atoms with Crippen molar-refractivity contribution in [3.8, 4) is 0 Å². The van der Waals surface area contributed by atoms with Crippen LogP contribution in [0.1, 0.15) is 43.8 Å². The van der Waals surface area contributed by atoms with Crippen LogP contribution in [-0.4, -0.2) is 53.8 Å². The third kappa shape index (κ3) is 4.20. The van der Waals surface area contributed by atoms with Gasteiger partial charge in [0.05, 0.1) is 20.9 Å². The van der Waals surface area contributed by atoms with Gasteiger partial charge in [-0.15, -0.1) is 0 Å². The molecule has 0 spiro atoms. The Morgan fingerprint density at radius 3 is 2.58 bits per heavy atom. The average Bonchev–Trinajstić information content (AvgIpc) is 3.29. The number of fused-ring (bicyclic) bond motifs is 1. The maximum atomic E-state index is 13.0. The van der Waals surface area contributed by atoms with Gasteiger partial charge in [0.2, 0.25) is 10.0 Å². The van der Waals surface area contributed by atoms with Gasteiger partial charge in [-0.05, 0) is 49.9 Å². The summed E-state index contributed by atoms with van der Waals surface area (Å²) >= 11 is 0. The molecule has 0 radical (unpaired) electrons. The molecule has 33 heavy (non-hydrogen) atoms. The van der Waals surface area contributed by atoms with Crippen LogP contribution in [0.2, 0.25) is 0 Å². The number of nitrogens with one attached hydrogen (secondary N) is 1. The summed E-state index contributed by atoms with van der Waals surface area (Å²) in [6.45, 7) is 2.18. The Bertz CT molecular complexity index is 1250. The fraction of sp³-hybridized carbons (Fsp3) is 0.435. The Kier molecular flexibility index (Phi) is 5.79. The van der Waals surface area contributed by atoms with E-state index in [1.54, 1.807) is 6.07 Å². The van der Waals surface area contributed by atoms with E-state index in [0.29, 0.717) is 31.9 Å². The number of rotatable bonds is 5. The second-order valence-corrected chi connectivity index (χ2v) is 10.7. The molecule has 0 saturated carbocycles. The summed E-state index contributed by atoms with van der Waals surface area (Å²) in [5.41, 5.74) is 2.17. The molecular weight excluding hydrogens is 442 g/mol. The monoisotopic (exact) mass is 469 g/mol. The first-order valence-electron chi connectivity index (χ1n) is 11.4. The summed E-state index contributed by atoms with van der Waals surface area (Å²) in [5.74, 6) is 0.996. The largest absolute Gasteiger partial charge is 0.365 e. The van der Waals surface area contributed by atoms with Crippen LogP contribution in [0, 0.1) is 10.1 Å². The van der Waals surface area contributed by atoms with Crippen LogP contribution in [0.4, 0.5) is 11.4 Å². The van der Waals surface area contributed by atoms with E-state index in [9.17, 15) is 18.5 Å². The molecular formula is C23H27N5O4S. The molecule has 2 fully saturated rings. The molecule has 0 aliphatic carbocycles. The van der Waals surface area contributed by atoms with Crippen LogP contribution >= 0.6 is 0 Å². The molecule has 2 aliphatic heterocycles. The highest BCUT2D eigenvalue weighted by atomic mass is 32.2. The molecule has 174 valence electrons. The van der Waals surface area contributed by atoms with Crippen molar-refractivity contribution in [3.05, 3.63) is 58.4 Å². The fourth-order valence-electron chi connectivity index (χ4n) is 4.92. The van der Waals surface area contributed by atoms with Crippen LogP contribution in [-0.2, 0) is 10.0 Å². The van der Waals surface area contributed by atoms with Gasteiger partial charge in [-0.1, -0.05) is 18.6 Å². The first kappa shape index (κ1) is 21.8. The highest BCUT2D eigenvalue weighted by Crippen LogP contribution is 2.36. The number of anilines is 1. The average molecular weight is 470 g/mol. The van der Waals surface area contributed by atoms with Crippen LogP contribution in [0.5, 0.6) is 0 Å². The lowest BCUT2D eigenvalue weighted by Crippen LogP contribution is -2.36. The second-order valence-electron chi connectivity index (χ2n) is 8.80. The van der Waals surface area contributed by atoms with Crippen molar-refractivity contribution in [2.75, 3.05) is 31.1 Å². The molecule has 2 saturated heterocycles. The number of nitrogens with zero attached hydrogens (tertiary/aromatic N) is 4. The quantitative estimate of drug-likeness (QED) is 0.446. The number of aromatic nitrogens is 2. The minimum Gasteiger partial charge on any atom is -0.365 e. The summed E-state index contributed by atoms with van der Waals surface area (Å²) in [6.07, 6.45) is 4.44. The lowest BCUT2D eigenvalue weighted by molar-refractivity contribution is -0.384. The Labute approximate surface area is 192 Å². The van der Waals surface area contributed by atoms with Gasteiger partial charge < -0.3 is 9.88 Å². The van der Waals surface area contributed by atoms with Crippen molar-refractivity contribution < 1.29 is 13.3 Å². The van der Waals surface area contributed by atoms with Crippen molar-refractivity contribution >= 4 is 32.4 Å². The summed E-state index contributed by atoms with van der Waals surface area (Å²) in [5, 5.41) is 11.9. The molecule has 0 unspecified atom stereocenters. The smallest absolute Gasteiger partial charge is 0.293 e. The second kappa shape index (κ2) is 8.75. The van der Waals surface area contributed by atoms with Crippen molar-refractivity contribution in [1.82, 2.24) is 14.3 Å². The van der Waals surface area contributed by atoms with Crippen molar-refractivity contribution in [3.63, 3.8) is 0 Å². The zero-order chi connectivity index (χ0) is 23.0. The molecule has 9 nitrogen and oxygen atoms in total. The number of sulfonamides is 1. The molecule has 1 atom stereocenters. The molecule has 1 aromatic heterocycles. The minimum atomic E-state index is -3.74. The number of para-hydroxylation sites is 2. The van der Waals surface area contributed by atoms with E-state index < -0.39 is 14.9 Å². The fourth-order valence-corrected chi connectivity index (χ4v) is 6.45. The van der Waals surface area contributed by atoms with Gasteiger partial charge in [0.1, 0.15) is 11.5 Å². The van der Waals surface area contributed by atoms with E-state index in [1.165, 1.54) is 16.4 Å². The van der Waals surface area contributed by atoms with Crippen LogP contribution in [0.3, 0.4) is 0 Å². The van der Waals surface area contributed by atoms with Gasteiger partial charge in [0.25, 0.3) is 5.69 Å². The summed E-state index contributed by atoms with van der Waals surface area (Å²) in [4.78, 5) is 21.5. The number of aromatic amines is 1. The first-order chi connectivity index (χ1) is 15.9. The maximum absolute atomic E-state index is 13.0. The number of nitro benzene ring substituents is 1. The van der Waals surface area contributed by atoms with Gasteiger partial charge in [-0.25, -0.2) is 13.4 Å². The first-order valence-corrected chi connectivity index (χ1v) is 12.9. The van der Waals surface area contributed by atoms with Gasteiger partial charge in [-0.3, -0.25) is 10.1 Å². The van der Waals surface area contributed by atoms with Crippen LogP contribution in [0.15, 0.2) is 47.4 Å². The minimum absolute atomic E-state index is 0.00862. The Hall–Kier alpha value is -2.98. The summed E-state index contributed by atoms with van der Waals surface area (Å²) in [6, 6.07) is 12.2. The van der Waals surface area contributed by atoms with Crippen molar-refractivity contribution in [1.29, 1.82) is 0 Å². The Morgan fingerprint density at radius 2 is 1.82 bits per heavy atom. The predicted octanol–water partition coefficient (Wildman–Crippen LogP) is 4.03. The Balaban J connectivity index is 1.43. The molecule has 2 aromatic carbocycles. The normalized spacial score (nSPS) is 20.2. The van der Waals surface area contributed by atoms with Gasteiger partial charge in [0, 0.05) is 38.2 Å². The molecule has 0 amide bonds. The molecule has 0 bridgehead atoms. The number of nitro groups is 1. The number of hydrogen-bond acceptors (Lipinski definition) is 6. The zero-order valence-electron chi connectivity index (χ0n) is 18.3. The molecule has 5 rings (SSSR count). The van der Waals surface area contributed by atoms with Gasteiger partial charge in [-0.2, -0.15) is 4.31 Å². The highest BCUT2D eigenvalue weighted by Gasteiger charge is 2.32. The van der Waals surface area contributed by atoms with E-state index >= 15 is 0 Å². The SMILES string of the molecule is O=[N+]([O-])c1cc(S(=O)(=O)N2CCCCC2)ccc1N1CCC[C@@H](c2nc3ccccc3[nH]2)C1. The zero-order valence-corrected chi connectivity index (χ0v) is 19.1. The molecule has 10 heteroatoms. The van der Waals surface area contributed by atoms with E-state index in [2.05, 4.69) is 4.98 Å². The third-order valence-corrected chi connectivity index (χ3v) is 8.55. The summed E-state index contributed by atoms with van der Waals surface area (Å²) in [7, 11) is -3.74. The lowest BCUT2D eigenvalue weighted by Gasteiger charge is -2.33. The number of imidazole rings is 1. The summed E-state index contributed by atoms with van der Waals surface area (Å²) < 4.78 is 27.5. The number of benzene rings is 2. The molecule has 1 N–H and O–H groups in total. The van der Waals surface area contributed by atoms with Crippen molar-refractivity contribution in [2.45, 2.75) is 42.9 Å². The van der Waals surface area contributed by atoms with E-state index in [-0.39, 0.29) is 16.5 Å². The molecule has 2 aliphatic rings.